The molecule has 0 saturated heterocycles. The van der Waals surface area contributed by atoms with E-state index in [1.165, 1.54) is 6.07 Å². The van der Waals surface area contributed by atoms with Crippen LogP contribution in [0.3, 0.4) is 0 Å². The number of nitrogens with one attached hydrogen (secondary N) is 1. The second-order valence-corrected chi connectivity index (χ2v) is 5.40. The zero-order chi connectivity index (χ0) is 13.8. The molecule has 1 unspecified atom stereocenters. The number of nitrogens with zero attached hydrogens (tertiary/aromatic N) is 1. The van der Waals surface area contributed by atoms with Gasteiger partial charge < -0.3 is 10.1 Å². The van der Waals surface area contributed by atoms with Gasteiger partial charge in [0.1, 0.15) is 18.2 Å². The monoisotopic (exact) mass is 280 g/mol. The number of benzene rings is 1. The molecule has 102 valence electrons. The molecule has 3 nitrogen and oxygen atoms in total. The zero-order valence-corrected chi connectivity index (χ0v) is 12.1. The lowest BCUT2D eigenvalue weighted by molar-refractivity contribution is 0.300. The first-order chi connectivity index (χ1) is 9.10. The van der Waals surface area contributed by atoms with Crippen molar-refractivity contribution >= 4 is 11.3 Å². The van der Waals surface area contributed by atoms with Gasteiger partial charge in [0, 0.05) is 23.1 Å². The highest BCUT2D eigenvalue weighted by molar-refractivity contribution is 7.09. The number of halogens is 1. The highest BCUT2D eigenvalue weighted by Gasteiger charge is 2.10. The Labute approximate surface area is 116 Å². The van der Waals surface area contributed by atoms with E-state index in [1.807, 2.05) is 19.2 Å². The first kappa shape index (κ1) is 14.0. The van der Waals surface area contributed by atoms with Crippen molar-refractivity contribution in [3.05, 3.63) is 45.7 Å². The Bertz CT molecular complexity index is 556. The van der Waals surface area contributed by atoms with Gasteiger partial charge in [0.15, 0.2) is 0 Å². The Balaban J connectivity index is 2.04. The predicted octanol–water partition coefficient (Wildman–Crippen LogP) is 3.45. The second kappa shape index (κ2) is 6.12. The molecule has 1 heterocycles. The molecule has 1 aromatic heterocycles. The lowest BCUT2D eigenvalue weighted by Gasteiger charge is -2.13. The van der Waals surface area contributed by atoms with Gasteiger partial charge in [-0.05, 0) is 27.0 Å². The summed E-state index contributed by atoms with van der Waals surface area (Å²) in [4.78, 5) is 4.30. The van der Waals surface area contributed by atoms with Crippen LogP contribution in [0.25, 0.3) is 0 Å². The lowest BCUT2D eigenvalue weighted by atomic mass is 10.1. The van der Waals surface area contributed by atoms with Crippen LogP contribution >= 0.6 is 11.3 Å². The highest BCUT2D eigenvalue weighted by Crippen LogP contribution is 2.22. The summed E-state index contributed by atoms with van der Waals surface area (Å²) >= 11 is 1.58. The number of ether oxygens (including phenoxy) is 1. The van der Waals surface area contributed by atoms with E-state index < -0.39 is 0 Å². The van der Waals surface area contributed by atoms with Gasteiger partial charge >= 0.3 is 0 Å². The molecule has 0 aliphatic carbocycles. The molecule has 5 heteroatoms. The summed E-state index contributed by atoms with van der Waals surface area (Å²) in [5.74, 6) is 0.268. The van der Waals surface area contributed by atoms with Gasteiger partial charge in [-0.1, -0.05) is 6.07 Å². The zero-order valence-electron chi connectivity index (χ0n) is 11.2. The molecule has 0 fully saturated rings. The van der Waals surface area contributed by atoms with Crippen LogP contribution in [0.2, 0.25) is 0 Å². The fourth-order valence-electron chi connectivity index (χ4n) is 1.74. The Morgan fingerprint density at radius 3 is 2.84 bits per heavy atom. The van der Waals surface area contributed by atoms with E-state index >= 15 is 0 Å². The molecule has 1 atom stereocenters. The number of aryl methyl sites for hydroxylation is 1. The number of hydrogen-bond donors (Lipinski definition) is 1. The Hall–Kier alpha value is -1.46. The molecule has 2 rings (SSSR count). The SMILES string of the molecule is CNC(C)c1ccc(OCc2csc(C)n2)cc1F. The van der Waals surface area contributed by atoms with Gasteiger partial charge in [0.2, 0.25) is 0 Å². The van der Waals surface area contributed by atoms with Crippen molar-refractivity contribution in [2.24, 2.45) is 0 Å². The van der Waals surface area contributed by atoms with Crippen molar-refractivity contribution in [1.29, 1.82) is 0 Å². The van der Waals surface area contributed by atoms with Crippen LogP contribution in [0.4, 0.5) is 4.39 Å². The van der Waals surface area contributed by atoms with Crippen molar-refractivity contribution in [3.63, 3.8) is 0 Å². The standard InChI is InChI=1S/C14H17FN2OS/c1-9(16-3)13-5-4-12(6-14(13)15)18-7-11-8-19-10(2)17-11/h4-6,8-9,16H,7H2,1-3H3. The van der Waals surface area contributed by atoms with E-state index in [-0.39, 0.29) is 11.9 Å². The molecule has 0 aliphatic rings. The molecule has 0 amide bonds. The molecule has 1 aromatic carbocycles. The number of thiazole rings is 1. The Morgan fingerprint density at radius 1 is 1.47 bits per heavy atom. The van der Waals surface area contributed by atoms with Crippen LogP contribution in [-0.2, 0) is 6.61 Å². The highest BCUT2D eigenvalue weighted by atomic mass is 32.1. The van der Waals surface area contributed by atoms with Crippen molar-refractivity contribution in [2.75, 3.05) is 7.05 Å². The van der Waals surface area contributed by atoms with Gasteiger partial charge in [-0.3, -0.25) is 0 Å². The number of aromatic nitrogens is 1. The van der Waals surface area contributed by atoms with E-state index in [0.717, 1.165) is 10.7 Å². The van der Waals surface area contributed by atoms with Gasteiger partial charge in [-0.2, -0.15) is 0 Å². The predicted molar refractivity (Wildman–Crippen MR) is 75.1 cm³/mol. The maximum Gasteiger partial charge on any atom is 0.131 e. The first-order valence-corrected chi connectivity index (χ1v) is 6.98. The largest absolute Gasteiger partial charge is 0.487 e. The van der Waals surface area contributed by atoms with Crippen LogP contribution in [0.15, 0.2) is 23.6 Å². The molecule has 0 aliphatic heterocycles. The molecular formula is C14H17FN2OS. The summed E-state index contributed by atoms with van der Waals surface area (Å²) in [6.45, 7) is 4.23. The third-order valence-electron chi connectivity index (χ3n) is 2.92. The first-order valence-electron chi connectivity index (χ1n) is 6.10. The van der Waals surface area contributed by atoms with E-state index in [4.69, 9.17) is 4.74 Å². The molecule has 1 N–H and O–H groups in total. The van der Waals surface area contributed by atoms with Gasteiger partial charge in [0.05, 0.1) is 10.7 Å². The quantitative estimate of drug-likeness (QED) is 0.911. The summed E-state index contributed by atoms with van der Waals surface area (Å²) < 4.78 is 19.4. The van der Waals surface area contributed by atoms with E-state index in [0.29, 0.717) is 17.9 Å². The molecule has 0 spiro atoms. The van der Waals surface area contributed by atoms with Crippen molar-refractivity contribution in [3.8, 4) is 5.75 Å². The minimum Gasteiger partial charge on any atom is -0.487 e. The van der Waals surface area contributed by atoms with Crippen LogP contribution < -0.4 is 10.1 Å². The fraction of sp³-hybridized carbons (Fsp3) is 0.357. The molecular weight excluding hydrogens is 263 g/mol. The summed E-state index contributed by atoms with van der Waals surface area (Å²) in [5, 5.41) is 5.96. The average Bonchev–Trinajstić information content (AvgIpc) is 2.81. The normalized spacial score (nSPS) is 12.4. The minimum absolute atomic E-state index is 0.0183. The van der Waals surface area contributed by atoms with E-state index in [2.05, 4.69) is 10.3 Å². The van der Waals surface area contributed by atoms with Crippen molar-refractivity contribution < 1.29 is 9.13 Å². The molecule has 19 heavy (non-hydrogen) atoms. The fourth-order valence-corrected chi connectivity index (χ4v) is 2.33. The van der Waals surface area contributed by atoms with Crippen LogP contribution in [-0.4, -0.2) is 12.0 Å². The van der Waals surface area contributed by atoms with Crippen LogP contribution in [0.1, 0.15) is 29.2 Å². The van der Waals surface area contributed by atoms with Gasteiger partial charge in [-0.25, -0.2) is 9.37 Å². The summed E-state index contributed by atoms with van der Waals surface area (Å²) in [7, 11) is 1.80. The van der Waals surface area contributed by atoms with Gasteiger partial charge in [0.25, 0.3) is 0 Å². The molecule has 2 aromatic rings. The maximum absolute atomic E-state index is 13.9. The molecule has 0 saturated carbocycles. The Morgan fingerprint density at radius 2 is 2.26 bits per heavy atom. The summed E-state index contributed by atoms with van der Waals surface area (Å²) in [6, 6.07) is 4.93. The Kier molecular flexibility index (Phi) is 4.50. The maximum atomic E-state index is 13.9. The summed E-state index contributed by atoms with van der Waals surface area (Å²) in [5.41, 5.74) is 1.51. The molecule has 0 radical (unpaired) electrons. The number of hydrogen-bond acceptors (Lipinski definition) is 4. The lowest BCUT2D eigenvalue weighted by Crippen LogP contribution is -2.13. The number of rotatable bonds is 5. The molecule has 0 bridgehead atoms. The smallest absolute Gasteiger partial charge is 0.131 e. The van der Waals surface area contributed by atoms with Crippen molar-refractivity contribution in [1.82, 2.24) is 10.3 Å². The van der Waals surface area contributed by atoms with Crippen LogP contribution in [0.5, 0.6) is 5.75 Å². The van der Waals surface area contributed by atoms with Gasteiger partial charge in [-0.15, -0.1) is 11.3 Å². The van der Waals surface area contributed by atoms with Crippen LogP contribution in [0, 0.1) is 12.7 Å². The third-order valence-corrected chi connectivity index (χ3v) is 3.75. The summed E-state index contributed by atoms with van der Waals surface area (Å²) in [6.07, 6.45) is 0. The third kappa shape index (κ3) is 3.52. The minimum atomic E-state index is -0.256. The van der Waals surface area contributed by atoms with E-state index in [1.54, 1.807) is 30.5 Å². The average molecular weight is 280 g/mol. The van der Waals surface area contributed by atoms with Crippen molar-refractivity contribution in [2.45, 2.75) is 26.5 Å². The topological polar surface area (TPSA) is 34.1 Å². The second-order valence-electron chi connectivity index (χ2n) is 4.34. The van der Waals surface area contributed by atoms with E-state index in [9.17, 15) is 4.39 Å².